The normalized spacial score (nSPS) is 34.6. The van der Waals surface area contributed by atoms with Gasteiger partial charge in [0.25, 0.3) is 0 Å². The van der Waals surface area contributed by atoms with Crippen molar-refractivity contribution in [2.24, 2.45) is 5.41 Å². The molecule has 1 aromatic rings. The van der Waals surface area contributed by atoms with Crippen LogP contribution in [-0.4, -0.2) is 13.2 Å². The summed E-state index contributed by atoms with van der Waals surface area (Å²) in [6.45, 7) is 8.33. The fraction of sp³-hybridized carbons (Fsp3) is 0.625. The van der Waals surface area contributed by atoms with Crippen molar-refractivity contribution in [2.75, 3.05) is 0 Å². The maximum absolute atomic E-state index is 13.0. The van der Waals surface area contributed by atoms with Gasteiger partial charge in [-0.15, -0.1) is 0 Å². The molecule has 0 N–H and O–H groups in total. The largest absolute Gasteiger partial charge is 0.223 e. The van der Waals surface area contributed by atoms with Crippen LogP contribution in [0.1, 0.15) is 57.1 Å². The zero-order valence-corrected chi connectivity index (χ0v) is 13.0. The molecule has 3 heteroatoms. The lowest BCUT2D eigenvalue weighted by molar-refractivity contribution is 0.164. The Morgan fingerprint density at radius 2 is 1.84 bits per heavy atom. The van der Waals surface area contributed by atoms with Crippen LogP contribution in [0.4, 0.5) is 0 Å². The van der Waals surface area contributed by atoms with E-state index in [2.05, 4.69) is 13.8 Å². The fourth-order valence-corrected chi connectivity index (χ4v) is 7.18. The summed E-state index contributed by atoms with van der Waals surface area (Å²) < 4.78 is 25.5. The van der Waals surface area contributed by atoms with E-state index in [0.29, 0.717) is 4.90 Å². The molecule has 0 aromatic heterocycles. The first-order chi connectivity index (χ1) is 8.72. The smallest absolute Gasteiger partial charge is 0.184 e. The first-order valence-electron chi connectivity index (χ1n) is 7.06. The van der Waals surface area contributed by atoms with Crippen molar-refractivity contribution in [3.8, 4) is 0 Å². The number of fused-ring (bicyclic) bond motifs is 3. The maximum atomic E-state index is 13.0. The minimum Gasteiger partial charge on any atom is -0.223 e. The number of hydrogen-bond donors (Lipinski definition) is 0. The Kier molecular flexibility index (Phi) is 2.52. The van der Waals surface area contributed by atoms with Crippen molar-refractivity contribution in [1.29, 1.82) is 0 Å². The van der Waals surface area contributed by atoms with Gasteiger partial charge in [0.05, 0.1) is 9.64 Å². The third-order valence-electron chi connectivity index (χ3n) is 5.32. The van der Waals surface area contributed by atoms with Crippen molar-refractivity contribution in [3.05, 3.63) is 29.3 Å². The van der Waals surface area contributed by atoms with Crippen LogP contribution in [0.5, 0.6) is 0 Å². The Balaban J connectivity index is 2.38. The third-order valence-corrected chi connectivity index (χ3v) is 8.09. The van der Waals surface area contributed by atoms with Crippen molar-refractivity contribution in [3.63, 3.8) is 0 Å². The van der Waals surface area contributed by atoms with Crippen molar-refractivity contribution in [1.82, 2.24) is 0 Å². The van der Waals surface area contributed by atoms with E-state index in [9.17, 15) is 8.42 Å². The van der Waals surface area contributed by atoms with E-state index in [1.54, 1.807) is 0 Å². The first kappa shape index (κ1) is 13.2. The van der Waals surface area contributed by atoms with Gasteiger partial charge in [-0.1, -0.05) is 38.5 Å². The zero-order valence-electron chi connectivity index (χ0n) is 12.2. The van der Waals surface area contributed by atoms with Crippen LogP contribution in [-0.2, 0) is 9.84 Å². The Morgan fingerprint density at radius 1 is 1.16 bits per heavy atom. The molecule has 0 saturated heterocycles. The van der Waals surface area contributed by atoms with E-state index in [1.807, 2.05) is 32.0 Å². The molecule has 1 aliphatic heterocycles. The minimum absolute atomic E-state index is 0.0547. The Labute approximate surface area is 116 Å². The van der Waals surface area contributed by atoms with E-state index in [0.717, 1.165) is 30.4 Å². The average Bonchev–Trinajstić information content (AvgIpc) is 2.45. The molecule has 3 rings (SSSR count). The molecule has 1 aromatic carbocycles. The highest BCUT2D eigenvalue weighted by Gasteiger charge is 2.60. The van der Waals surface area contributed by atoms with Gasteiger partial charge in [-0.25, -0.2) is 8.42 Å². The number of rotatable bonds is 0. The Morgan fingerprint density at radius 3 is 2.53 bits per heavy atom. The van der Waals surface area contributed by atoms with Gasteiger partial charge in [0.15, 0.2) is 9.84 Å². The number of aryl methyl sites for hydroxylation is 1. The summed E-state index contributed by atoms with van der Waals surface area (Å²) in [5, 5.41) is 0. The molecular formula is C16H22O2S. The van der Waals surface area contributed by atoms with Crippen LogP contribution in [0.2, 0.25) is 0 Å². The summed E-state index contributed by atoms with van der Waals surface area (Å²) in [6.07, 6.45) is 2.90. The summed E-state index contributed by atoms with van der Waals surface area (Å²) >= 11 is 0. The lowest BCUT2D eigenvalue weighted by Gasteiger charge is -2.46. The molecule has 2 aliphatic rings. The Hall–Kier alpha value is -0.830. The summed E-state index contributed by atoms with van der Waals surface area (Å²) in [5.41, 5.74) is 2.02. The van der Waals surface area contributed by atoms with E-state index in [-0.39, 0.29) is 11.3 Å². The summed E-state index contributed by atoms with van der Waals surface area (Å²) in [6, 6.07) is 5.95. The molecule has 0 spiro atoms. The summed E-state index contributed by atoms with van der Waals surface area (Å²) in [5.74, 6) is 0.133. The molecule has 2 atom stereocenters. The summed E-state index contributed by atoms with van der Waals surface area (Å²) in [7, 11) is -3.21. The second-order valence-electron chi connectivity index (χ2n) is 7.08. The van der Waals surface area contributed by atoms with E-state index in [1.165, 1.54) is 0 Å². The van der Waals surface area contributed by atoms with Crippen LogP contribution in [0.25, 0.3) is 0 Å². The van der Waals surface area contributed by atoms with Crippen LogP contribution in [0.3, 0.4) is 0 Å². The van der Waals surface area contributed by atoms with Gasteiger partial charge in [-0.05, 0) is 43.2 Å². The van der Waals surface area contributed by atoms with E-state index in [4.69, 9.17) is 0 Å². The molecule has 1 fully saturated rings. The molecule has 0 bridgehead atoms. The fourth-order valence-electron chi connectivity index (χ4n) is 4.55. The Bertz CT molecular complexity index is 643. The molecule has 19 heavy (non-hydrogen) atoms. The molecule has 0 amide bonds. The standard InChI is InChI=1S/C16H22O2S/c1-11-7-5-8-12-13(11)19(17,18)16(4)10-6-9-15(2,3)14(12)16/h5,7-8,14H,6,9-10H2,1-4H3/t14-,16+/m1/s1. The monoisotopic (exact) mass is 278 g/mol. The van der Waals surface area contributed by atoms with Gasteiger partial charge in [0.1, 0.15) is 0 Å². The van der Waals surface area contributed by atoms with Gasteiger partial charge >= 0.3 is 0 Å². The SMILES string of the molecule is Cc1cccc2c1S(=O)(=O)[C@@]1(C)CCCC(C)(C)[C@@H]21. The molecular weight excluding hydrogens is 256 g/mol. The highest BCUT2D eigenvalue weighted by Crippen LogP contribution is 2.62. The second-order valence-corrected chi connectivity index (χ2v) is 9.43. The van der Waals surface area contributed by atoms with Crippen LogP contribution < -0.4 is 0 Å². The number of benzene rings is 1. The van der Waals surface area contributed by atoms with Gasteiger partial charge in [0.2, 0.25) is 0 Å². The van der Waals surface area contributed by atoms with Crippen LogP contribution in [0.15, 0.2) is 23.1 Å². The molecule has 1 aliphatic carbocycles. The van der Waals surface area contributed by atoms with Crippen LogP contribution >= 0.6 is 0 Å². The lowest BCUT2D eigenvalue weighted by Crippen LogP contribution is -2.45. The third kappa shape index (κ3) is 1.45. The second kappa shape index (κ2) is 3.63. The topological polar surface area (TPSA) is 34.1 Å². The summed E-state index contributed by atoms with van der Waals surface area (Å²) in [4.78, 5) is 0.623. The molecule has 2 nitrogen and oxygen atoms in total. The zero-order chi connectivity index (χ0) is 14.1. The number of sulfone groups is 1. The molecule has 0 radical (unpaired) electrons. The van der Waals surface area contributed by atoms with Crippen LogP contribution in [0, 0.1) is 12.3 Å². The quantitative estimate of drug-likeness (QED) is 0.722. The van der Waals surface area contributed by atoms with Crippen molar-refractivity contribution >= 4 is 9.84 Å². The predicted octanol–water partition coefficient (Wildman–Crippen LogP) is 3.83. The van der Waals surface area contributed by atoms with E-state index >= 15 is 0 Å². The van der Waals surface area contributed by atoms with Gasteiger partial charge in [-0.2, -0.15) is 0 Å². The highest BCUT2D eigenvalue weighted by molar-refractivity contribution is 7.93. The highest BCUT2D eigenvalue weighted by atomic mass is 32.2. The van der Waals surface area contributed by atoms with Gasteiger partial charge in [0, 0.05) is 5.92 Å². The maximum Gasteiger partial charge on any atom is 0.184 e. The van der Waals surface area contributed by atoms with E-state index < -0.39 is 14.6 Å². The lowest BCUT2D eigenvalue weighted by atomic mass is 9.61. The minimum atomic E-state index is -3.21. The molecule has 0 unspecified atom stereocenters. The molecule has 1 heterocycles. The average molecular weight is 278 g/mol. The number of hydrogen-bond acceptors (Lipinski definition) is 2. The molecule has 1 saturated carbocycles. The predicted molar refractivity (Wildman–Crippen MR) is 77.1 cm³/mol. The van der Waals surface area contributed by atoms with Gasteiger partial charge < -0.3 is 0 Å². The van der Waals surface area contributed by atoms with Crippen molar-refractivity contribution < 1.29 is 8.42 Å². The van der Waals surface area contributed by atoms with Gasteiger partial charge in [-0.3, -0.25) is 0 Å². The van der Waals surface area contributed by atoms with Crippen molar-refractivity contribution in [2.45, 2.75) is 62.5 Å². The molecule has 104 valence electrons. The first-order valence-corrected chi connectivity index (χ1v) is 8.54.